The van der Waals surface area contributed by atoms with Crippen LogP contribution in [0.4, 0.5) is 0 Å². The minimum Gasteiger partial charge on any atom is -0.395 e. The fraction of sp³-hybridized carbons (Fsp3) is 0.600. The van der Waals surface area contributed by atoms with Crippen molar-refractivity contribution in [2.75, 3.05) is 13.2 Å². The SMILES string of the molecule is CC(C)CCNC(CO)CCc1ccccc1. The van der Waals surface area contributed by atoms with Crippen molar-refractivity contribution in [3.63, 3.8) is 0 Å². The molecular formula is C15H25NO. The summed E-state index contributed by atoms with van der Waals surface area (Å²) in [6, 6.07) is 10.7. The Kier molecular flexibility index (Phi) is 6.90. The molecule has 0 amide bonds. The van der Waals surface area contributed by atoms with E-state index in [0.717, 1.165) is 25.3 Å². The van der Waals surface area contributed by atoms with E-state index in [-0.39, 0.29) is 12.6 Å². The zero-order valence-electron chi connectivity index (χ0n) is 11.0. The summed E-state index contributed by atoms with van der Waals surface area (Å²) in [6.07, 6.45) is 3.20. The Morgan fingerprint density at radius 1 is 1.12 bits per heavy atom. The van der Waals surface area contributed by atoms with Crippen molar-refractivity contribution >= 4 is 0 Å². The number of hydrogen-bond acceptors (Lipinski definition) is 2. The molecular weight excluding hydrogens is 210 g/mol. The van der Waals surface area contributed by atoms with Crippen molar-refractivity contribution in [1.82, 2.24) is 5.32 Å². The van der Waals surface area contributed by atoms with Gasteiger partial charge < -0.3 is 10.4 Å². The average Bonchev–Trinajstić information content (AvgIpc) is 2.34. The van der Waals surface area contributed by atoms with E-state index in [4.69, 9.17) is 0 Å². The number of aliphatic hydroxyl groups is 1. The molecule has 1 aromatic carbocycles. The normalized spacial score (nSPS) is 12.9. The third-order valence-electron chi connectivity index (χ3n) is 3.00. The molecule has 0 aromatic heterocycles. The van der Waals surface area contributed by atoms with Crippen LogP contribution in [0.15, 0.2) is 30.3 Å². The van der Waals surface area contributed by atoms with E-state index < -0.39 is 0 Å². The topological polar surface area (TPSA) is 32.3 Å². The van der Waals surface area contributed by atoms with E-state index in [1.807, 2.05) is 6.07 Å². The van der Waals surface area contributed by atoms with Crippen molar-refractivity contribution < 1.29 is 5.11 Å². The fourth-order valence-electron chi connectivity index (χ4n) is 1.82. The highest BCUT2D eigenvalue weighted by atomic mass is 16.3. The Hall–Kier alpha value is -0.860. The van der Waals surface area contributed by atoms with Crippen LogP contribution in [0.3, 0.4) is 0 Å². The highest BCUT2D eigenvalue weighted by Gasteiger charge is 2.06. The van der Waals surface area contributed by atoms with E-state index in [1.165, 1.54) is 12.0 Å². The smallest absolute Gasteiger partial charge is 0.0584 e. The number of aliphatic hydroxyl groups excluding tert-OH is 1. The second-order valence-corrected chi connectivity index (χ2v) is 5.04. The quantitative estimate of drug-likeness (QED) is 0.726. The maximum atomic E-state index is 9.31. The van der Waals surface area contributed by atoms with Crippen LogP contribution in [0.25, 0.3) is 0 Å². The lowest BCUT2D eigenvalue weighted by Gasteiger charge is -2.17. The first-order chi connectivity index (χ1) is 8.22. The van der Waals surface area contributed by atoms with Gasteiger partial charge in [0.1, 0.15) is 0 Å². The van der Waals surface area contributed by atoms with Crippen molar-refractivity contribution in [2.24, 2.45) is 5.92 Å². The van der Waals surface area contributed by atoms with Gasteiger partial charge in [0.2, 0.25) is 0 Å². The van der Waals surface area contributed by atoms with Crippen LogP contribution in [0.2, 0.25) is 0 Å². The first-order valence-corrected chi connectivity index (χ1v) is 6.60. The van der Waals surface area contributed by atoms with Crippen molar-refractivity contribution in [1.29, 1.82) is 0 Å². The van der Waals surface area contributed by atoms with Gasteiger partial charge in [0.05, 0.1) is 6.61 Å². The van der Waals surface area contributed by atoms with Crippen LogP contribution in [0.1, 0.15) is 32.3 Å². The van der Waals surface area contributed by atoms with Crippen LogP contribution < -0.4 is 5.32 Å². The number of rotatable bonds is 8. The van der Waals surface area contributed by atoms with Crippen LogP contribution in [-0.4, -0.2) is 24.3 Å². The lowest BCUT2D eigenvalue weighted by molar-refractivity contribution is 0.234. The molecule has 0 fully saturated rings. The van der Waals surface area contributed by atoms with Gasteiger partial charge in [-0.25, -0.2) is 0 Å². The van der Waals surface area contributed by atoms with Gasteiger partial charge in [-0.05, 0) is 37.3 Å². The Morgan fingerprint density at radius 2 is 1.82 bits per heavy atom. The second kappa shape index (κ2) is 8.26. The maximum Gasteiger partial charge on any atom is 0.0584 e. The van der Waals surface area contributed by atoms with Gasteiger partial charge in [0.25, 0.3) is 0 Å². The van der Waals surface area contributed by atoms with E-state index in [9.17, 15) is 5.11 Å². The standard InChI is InChI=1S/C15H25NO/c1-13(2)10-11-16-15(12-17)9-8-14-6-4-3-5-7-14/h3-7,13,15-17H,8-12H2,1-2H3. The fourth-order valence-corrected chi connectivity index (χ4v) is 1.82. The van der Waals surface area contributed by atoms with E-state index in [2.05, 4.69) is 43.4 Å². The first kappa shape index (κ1) is 14.2. The molecule has 0 aliphatic carbocycles. The predicted molar refractivity (Wildman–Crippen MR) is 73.1 cm³/mol. The van der Waals surface area contributed by atoms with Crippen molar-refractivity contribution in [3.05, 3.63) is 35.9 Å². The first-order valence-electron chi connectivity index (χ1n) is 6.60. The summed E-state index contributed by atoms with van der Waals surface area (Å²) in [6.45, 7) is 5.67. The number of hydrogen-bond donors (Lipinski definition) is 2. The maximum absolute atomic E-state index is 9.31. The zero-order valence-corrected chi connectivity index (χ0v) is 11.0. The van der Waals surface area contributed by atoms with Crippen LogP contribution in [0, 0.1) is 5.92 Å². The van der Waals surface area contributed by atoms with E-state index in [1.54, 1.807) is 0 Å². The molecule has 0 radical (unpaired) electrons. The lowest BCUT2D eigenvalue weighted by Crippen LogP contribution is -2.34. The molecule has 0 bridgehead atoms. The Bertz CT molecular complexity index is 284. The van der Waals surface area contributed by atoms with Crippen LogP contribution in [-0.2, 0) is 6.42 Å². The highest BCUT2D eigenvalue weighted by molar-refractivity contribution is 5.14. The molecule has 17 heavy (non-hydrogen) atoms. The van der Waals surface area contributed by atoms with Gasteiger partial charge >= 0.3 is 0 Å². The Balaban J connectivity index is 2.23. The van der Waals surface area contributed by atoms with Gasteiger partial charge in [-0.3, -0.25) is 0 Å². The van der Waals surface area contributed by atoms with Gasteiger partial charge in [-0.1, -0.05) is 44.2 Å². The minimum atomic E-state index is 0.227. The molecule has 2 N–H and O–H groups in total. The largest absolute Gasteiger partial charge is 0.395 e. The molecule has 1 rings (SSSR count). The molecule has 0 spiro atoms. The summed E-state index contributed by atoms with van der Waals surface area (Å²) in [5.41, 5.74) is 1.34. The molecule has 0 saturated heterocycles. The molecule has 0 aliphatic rings. The van der Waals surface area contributed by atoms with Crippen LogP contribution in [0.5, 0.6) is 0 Å². The molecule has 1 atom stereocenters. The summed E-state index contributed by atoms with van der Waals surface area (Å²) in [5.74, 6) is 0.718. The number of nitrogens with one attached hydrogen (secondary N) is 1. The highest BCUT2D eigenvalue weighted by Crippen LogP contribution is 2.05. The van der Waals surface area contributed by atoms with E-state index >= 15 is 0 Å². The van der Waals surface area contributed by atoms with Gasteiger partial charge in [-0.15, -0.1) is 0 Å². The third kappa shape index (κ3) is 6.44. The van der Waals surface area contributed by atoms with E-state index in [0.29, 0.717) is 0 Å². The lowest BCUT2D eigenvalue weighted by atomic mass is 10.1. The van der Waals surface area contributed by atoms with Gasteiger partial charge in [-0.2, -0.15) is 0 Å². The number of aryl methyl sites for hydroxylation is 1. The van der Waals surface area contributed by atoms with Crippen LogP contribution >= 0.6 is 0 Å². The molecule has 0 heterocycles. The second-order valence-electron chi connectivity index (χ2n) is 5.04. The molecule has 96 valence electrons. The summed E-state index contributed by atoms with van der Waals surface area (Å²) in [5, 5.41) is 12.7. The predicted octanol–water partition coefficient (Wildman–Crippen LogP) is 2.62. The number of benzene rings is 1. The monoisotopic (exact) mass is 235 g/mol. The average molecular weight is 235 g/mol. The van der Waals surface area contributed by atoms with Crippen molar-refractivity contribution in [3.8, 4) is 0 Å². The minimum absolute atomic E-state index is 0.227. The Labute approximate surface area is 105 Å². The van der Waals surface area contributed by atoms with Gasteiger partial charge in [0, 0.05) is 6.04 Å². The zero-order chi connectivity index (χ0) is 12.5. The van der Waals surface area contributed by atoms with Gasteiger partial charge in [0.15, 0.2) is 0 Å². The molecule has 0 saturated carbocycles. The van der Waals surface area contributed by atoms with Crippen molar-refractivity contribution in [2.45, 2.75) is 39.2 Å². The summed E-state index contributed by atoms with van der Waals surface area (Å²) >= 11 is 0. The Morgan fingerprint density at radius 3 is 2.41 bits per heavy atom. The molecule has 0 aliphatic heterocycles. The summed E-state index contributed by atoms with van der Waals surface area (Å²) in [7, 11) is 0. The summed E-state index contributed by atoms with van der Waals surface area (Å²) in [4.78, 5) is 0. The molecule has 1 aromatic rings. The molecule has 1 unspecified atom stereocenters. The molecule has 2 nitrogen and oxygen atoms in total. The third-order valence-corrected chi connectivity index (χ3v) is 3.00. The molecule has 2 heteroatoms. The summed E-state index contributed by atoms with van der Waals surface area (Å²) < 4.78 is 0.